The monoisotopic (exact) mass is 277 g/mol. The number of anilines is 1. The first-order chi connectivity index (χ1) is 9.76. The van der Waals surface area contributed by atoms with Crippen LogP contribution in [0.5, 0.6) is 0 Å². The van der Waals surface area contributed by atoms with Gasteiger partial charge in [-0.05, 0) is 25.5 Å². The lowest BCUT2D eigenvalue weighted by Gasteiger charge is -2.17. The standard InChI is InChI=1S/C18H31NO/c1-3-4-5-6-7-8-9-10-18(15-20)19-17-13-11-16(2)12-14-17/h11-14,18-20H,3-10,15H2,1-2H3. The number of hydrogen-bond donors (Lipinski definition) is 2. The minimum absolute atomic E-state index is 0.188. The molecule has 2 nitrogen and oxygen atoms in total. The lowest BCUT2D eigenvalue weighted by Crippen LogP contribution is -2.23. The van der Waals surface area contributed by atoms with Crippen LogP contribution in [0.1, 0.15) is 63.9 Å². The molecular formula is C18H31NO. The van der Waals surface area contributed by atoms with Crippen molar-refractivity contribution in [2.24, 2.45) is 0 Å². The van der Waals surface area contributed by atoms with Crippen LogP contribution in [0.3, 0.4) is 0 Å². The molecular weight excluding hydrogens is 246 g/mol. The average Bonchev–Trinajstić information content (AvgIpc) is 2.47. The topological polar surface area (TPSA) is 32.3 Å². The van der Waals surface area contributed by atoms with Crippen molar-refractivity contribution in [3.63, 3.8) is 0 Å². The van der Waals surface area contributed by atoms with Crippen LogP contribution in [0.4, 0.5) is 5.69 Å². The third-order valence-corrected chi connectivity index (χ3v) is 3.80. The molecule has 1 unspecified atom stereocenters. The fraction of sp³-hybridized carbons (Fsp3) is 0.667. The molecule has 0 aromatic heterocycles. The molecule has 0 bridgehead atoms. The Labute approximate surface area is 124 Å². The van der Waals surface area contributed by atoms with Crippen LogP contribution in [-0.4, -0.2) is 17.8 Å². The van der Waals surface area contributed by atoms with Gasteiger partial charge in [-0.25, -0.2) is 0 Å². The van der Waals surface area contributed by atoms with Crippen LogP contribution in [0.25, 0.3) is 0 Å². The van der Waals surface area contributed by atoms with E-state index in [0.717, 1.165) is 12.1 Å². The van der Waals surface area contributed by atoms with Crippen LogP contribution in [0, 0.1) is 6.92 Å². The molecule has 1 rings (SSSR count). The van der Waals surface area contributed by atoms with Crippen LogP contribution in [-0.2, 0) is 0 Å². The summed E-state index contributed by atoms with van der Waals surface area (Å²) in [6.45, 7) is 4.55. The van der Waals surface area contributed by atoms with Crippen LogP contribution >= 0.6 is 0 Å². The van der Waals surface area contributed by atoms with Crippen molar-refractivity contribution >= 4 is 5.69 Å². The van der Waals surface area contributed by atoms with E-state index in [1.165, 1.54) is 50.5 Å². The lowest BCUT2D eigenvalue weighted by atomic mass is 10.1. The molecule has 0 fully saturated rings. The highest BCUT2D eigenvalue weighted by atomic mass is 16.3. The molecule has 1 atom stereocenters. The first-order valence-corrected chi connectivity index (χ1v) is 8.20. The van der Waals surface area contributed by atoms with E-state index in [4.69, 9.17) is 0 Å². The van der Waals surface area contributed by atoms with Gasteiger partial charge < -0.3 is 10.4 Å². The second-order valence-electron chi connectivity index (χ2n) is 5.80. The molecule has 0 aliphatic heterocycles. The summed E-state index contributed by atoms with van der Waals surface area (Å²) in [6, 6.07) is 8.56. The largest absolute Gasteiger partial charge is 0.394 e. The summed E-state index contributed by atoms with van der Waals surface area (Å²) in [7, 11) is 0. The predicted molar refractivity (Wildman–Crippen MR) is 88.3 cm³/mol. The Morgan fingerprint density at radius 1 is 0.950 bits per heavy atom. The summed E-state index contributed by atoms with van der Waals surface area (Å²) in [5.74, 6) is 0. The Bertz CT molecular complexity index is 334. The molecule has 0 radical (unpaired) electrons. The average molecular weight is 277 g/mol. The Balaban J connectivity index is 2.14. The zero-order valence-electron chi connectivity index (χ0n) is 13.2. The Morgan fingerprint density at radius 3 is 2.15 bits per heavy atom. The van der Waals surface area contributed by atoms with Gasteiger partial charge in [0, 0.05) is 11.7 Å². The van der Waals surface area contributed by atoms with E-state index >= 15 is 0 Å². The van der Waals surface area contributed by atoms with Crippen LogP contribution in [0.15, 0.2) is 24.3 Å². The number of aliphatic hydroxyl groups excluding tert-OH is 1. The molecule has 20 heavy (non-hydrogen) atoms. The molecule has 114 valence electrons. The van der Waals surface area contributed by atoms with E-state index in [-0.39, 0.29) is 12.6 Å². The highest BCUT2D eigenvalue weighted by Gasteiger charge is 2.06. The number of hydrogen-bond acceptors (Lipinski definition) is 2. The maximum atomic E-state index is 9.45. The molecule has 2 heteroatoms. The summed E-state index contributed by atoms with van der Waals surface area (Å²) >= 11 is 0. The summed E-state index contributed by atoms with van der Waals surface area (Å²) in [6.07, 6.45) is 10.3. The minimum Gasteiger partial charge on any atom is -0.394 e. The molecule has 0 saturated carbocycles. The van der Waals surface area contributed by atoms with Crippen LogP contribution in [0.2, 0.25) is 0 Å². The predicted octanol–water partition coefficient (Wildman–Crippen LogP) is 4.91. The molecule has 0 aliphatic carbocycles. The minimum atomic E-state index is 0.188. The van der Waals surface area contributed by atoms with Gasteiger partial charge in [-0.3, -0.25) is 0 Å². The highest BCUT2D eigenvalue weighted by Crippen LogP contribution is 2.14. The number of nitrogens with one attached hydrogen (secondary N) is 1. The molecule has 0 spiro atoms. The summed E-state index contributed by atoms with van der Waals surface area (Å²) in [5, 5.41) is 12.9. The molecule has 2 N–H and O–H groups in total. The fourth-order valence-corrected chi connectivity index (χ4v) is 2.44. The van der Waals surface area contributed by atoms with Crippen molar-refractivity contribution in [2.45, 2.75) is 71.3 Å². The van der Waals surface area contributed by atoms with E-state index in [2.05, 4.69) is 43.4 Å². The van der Waals surface area contributed by atoms with Crippen molar-refractivity contribution in [1.29, 1.82) is 0 Å². The molecule has 0 saturated heterocycles. The number of benzene rings is 1. The summed E-state index contributed by atoms with van der Waals surface area (Å²) in [4.78, 5) is 0. The maximum absolute atomic E-state index is 9.45. The quantitative estimate of drug-likeness (QED) is 0.563. The number of unbranched alkanes of at least 4 members (excludes halogenated alkanes) is 6. The van der Waals surface area contributed by atoms with Crippen molar-refractivity contribution in [3.8, 4) is 0 Å². The smallest absolute Gasteiger partial charge is 0.0632 e. The van der Waals surface area contributed by atoms with Gasteiger partial charge in [0.05, 0.1) is 6.61 Å². The summed E-state index contributed by atoms with van der Waals surface area (Å²) in [5.41, 5.74) is 2.38. The number of aliphatic hydroxyl groups is 1. The number of aryl methyl sites for hydroxylation is 1. The van der Waals surface area contributed by atoms with Gasteiger partial charge in [-0.2, -0.15) is 0 Å². The Kier molecular flexibility index (Phi) is 9.14. The highest BCUT2D eigenvalue weighted by molar-refractivity contribution is 5.45. The Hall–Kier alpha value is -1.02. The second kappa shape index (κ2) is 10.7. The number of rotatable bonds is 11. The third-order valence-electron chi connectivity index (χ3n) is 3.80. The van der Waals surface area contributed by atoms with E-state index in [9.17, 15) is 5.11 Å². The van der Waals surface area contributed by atoms with Crippen molar-refractivity contribution in [2.75, 3.05) is 11.9 Å². The summed E-state index contributed by atoms with van der Waals surface area (Å²) < 4.78 is 0. The molecule has 1 aromatic rings. The molecule has 1 aromatic carbocycles. The van der Waals surface area contributed by atoms with Gasteiger partial charge in [0.1, 0.15) is 0 Å². The third kappa shape index (κ3) is 7.54. The van der Waals surface area contributed by atoms with Gasteiger partial charge >= 0.3 is 0 Å². The van der Waals surface area contributed by atoms with Gasteiger partial charge in [0.25, 0.3) is 0 Å². The lowest BCUT2D eigenvalue weighted by molar-refractivity contribution is 0.266. The second-order valence-corrected chi connectivity index (χ2v) is 5.80. The van der Waals surface area contributed by atoms with E-state index < -0.39 is 0 Å². The zero-order valence-corrected chi connectivity index (χ0v) is 13.2. The zero-order chi connectivity index (χ0) is 14.6. The van der Waals surface area contributed by atoms with E-state index in [1.807, 2.05) is 0 Å². The SMILES string of the molecule is CCCCCCCCCC(CO)Nc1ccc(C)cc1. The van der Waals surface area contributed by atoms with Gasteiger partial charge in [0.2, 0.25) is 0 Å². The molecule has 0 aliphatic rings. The van der Waals surface area contributed by atoms with Gasteiger partial charge in [-0.15, -0.1) is 0 Å². The first-order valence-electron chi connectivity index (χ1n) is 8.20. The van der Waals surface area contributed by atoms with Crippen molar-refractivity contribution in [3.05, 3.63) is 29.8 Å². The first kappa shape index (κ1) is 17.0. The normalized spacial score (nSPS) is 12.3. The molecule has 0 amide bonds. The van der Waals surface area contributed by atoms with E-state index in [0.29, 0.717) is 0 Å². The van der Waals surface area contributed by atoms with Crippen LogP contribution < -0.4 is 5.32 Å². The fourth-order valence-electron chi connectivity index (χ4n) is 2.44. The Morgan fingerprint density at radius 2 is 1.55 bits per heavy atom. The van der Waals surface area contributed by atoms with Gasteiger partial charge in [-0.1, -0.05) is 69.6 Å². The van der Waals surface area contributed by atoms with Crippen molar-refractivity contribution < 1.29 is 5.11 Å². The molecule has 0 heterocycles. The maximum Gasteiger partial charge on any atom is 0.0632 e. The van der Waals surface area contributed by atoms with Gasteiger partial charge in [0.15, 0.2) is 0 Å². The van der Waals surface area contributed by atoms with E-state index in [1.54, 1.807) is 0 Å². The van der Waals surface area contributed by atoms with Crippen molar-refractivity contribution in [1.82, 2.24) is 0 Å².